The minimum absolute atomic E-state index is 0.0287. The van der Waals surface area contributed by atoms with E-state index >= 15 is 0 Å². The molecule has 0 fully saturated rings. The summed E-state index contributed by atoms with van der Waals surface area (Å²) in [6.45, 7) is 1.49. The Morgan fingerprint density at radius 3 is 2.39 bits per heavy atom. The second-order valence-electron chi connectivity index (χ2n) is 3.91. The summed E-state index contributed by atoms with van der Waals surface area (Å²) in [7, 11) is 0. The average Bonchev–Trinajstić information content (AvgIpc) is 2.37. The van der Waals surface area contributed by atoms with Crippen molar-refractivity contribution in [3.05, 3.63) is 29.8 Å². The lowest BCUT2D eigenvalue weighted by atomic mass is 10.0. The van der Waals surface area contributed by atoms with Crippen LogP contribution in [0, 0.1) is 0 Å². The molecule has 5 heteroatoms. The lowest BCUT2D eigenvalue weighted by Crippen LogP contribution is -2.19. The molecule has 0 heterocycles. The monoisotopic (exact) mass is 286 g/mol. The minimum Gasteiger partial charge on any atom is -0.390 e. The highest BCUT2D eigenvalue weighted by Crippen LogP contribution is 2.23. The number of thioether (sulfide) groups is 2. The summed E-state index contributed by atoms with van der Waals surface area (Å²) in [5.41, 5.74) is 0.702. The van der Waals surface area contributed by atoms with Crippen molar-refractivity contribution in [2.24, 2.45) is 0 Å². The molecule has 0 saturated heterocycles. The topological polar surface area (TPSA) is 57.5 Å². The fourth-order valence-corrected chi connectivity index (χ4v) is 2.56. The fraction of sp³-hybridized carbons (Fsp3) is 0.462. The Bertz CT molecular complexity index is 378. The van der Waals surface area contributed by atoms with E-state index in [1.165, 1.54) is 6.92 Å². The van der Waals surface area contributed by atoms with Crippen molar-refractivity contribution in [2.45, 2.75) is 30.4 Å². The van der Waals surface area contributed by atoms with Crippen LogP contribution in [0.2, 0.25) is 0 Å². The van der Waals surface area contributed by atoms with E-state index in [0.717, 1.165) is 16.7 Å². The van der Waals surface area contributed by atoms with Gasteiger partial charge in [0, 0.05) is 17.6 Å². The van der Waals surface area contributed by atoms with E-state index in [1.54, 1.807) is 11.8 Å². The molecule has 0 aliphatic heterocycles. The molecule has 1 rings (SSSR count). The molecular weight excluding hydrogens is 268 g/mol. The number of benzene rings is 1. The first kappa shape index (κ1) is 15.6. The fourth-order valence-electron chi connectivity index (χ4n) is 1.50. The number of carbonyl (C=O) groups is 1. The van der Waals surface area contributed by atoms with Gasteiger partial charge in [0.1, 0.15) is 6.10 Å². The van der Waals surface area contributed by atoms with Crippen LogP contribution in [0.1, 0.15) is 25.0 Å². The van der Waals surface area contributed by atoms with E-state index in [2.05, 4.69) is 0 Å². The van der Waals surface area contributed by atoms with Crippen LogP contribution in [0.15, 0.2) is 29.2 Å². The second kappa shape index (κ2) is 7.84. The largest absolute Gasteiger partial charge is 0.390 e. The number of carbonyl (C=O) groups excluding carboxylic acids is 1. The van der Waals surface area contributed by atoms with Crippen LogP contribution in [-0.2, 0) is 4.79 Å². The summed E-state index contributed by atoms with van der Waals surface area (Å²) in [5, 5.41) is 19.8. The third kappa shape index (κ3) is 5.02. The highest BCUT2D eigenvalue weighted by Gasteiger charge is 2.18. The first-order valence-electron chi connectivity index (χ1n) is 5.68. The molecule has 0 radical (unpaired) electrons. The van der Waals surface area contributed by atoms with Crippen LogP contribution in [0.3, 0.4) is 0 Å². The van der Waals surface area contributed by atoms with Gasteiger partial charge in [-0.1, -0.05) is 23.9 Å². The normalized spacial score (nSPS) is 14.2. The molecule has 100 valence electrons. The van der Waals surface area contributed by atoms with E-state index in [9.17, 15) is 15.0 Å². The Labute approximate surface area is 116 Å². The van der Waals surface area contributed by atoms with Crippen LogP contribution in [0.25, 0.3) is 0 Å². The summed E-state index contributed by atoms with van der Waals surface area (Å²) >= 11 is 2.79. The first-order valence-corrected chi connectivity index (χ1v) is 7.89. The number of hydrogen-bond donors (Lipinski definition) is 2. The van der Waals surface area contributed by atoms with Crippen molar-refractivity contribution in [3.8, 4) is 0 Å². The van der Waals surface area contributed by atoms with Crippen LogP contribution < -0.4 is 0 Å². The first-order chi connectivity index (χ1) is 8.54. The molecule has 0 bridgehead atoms. The maximum absolute atomic E-state index is 10.8. The molecule has 0 aromatic heterocycles. The van der Waals surface area contributed by atoms with Crippen molar-refractivity contribution in [1.82, 2.24) is 0 Å². The molecule has 0 amide bonds. The summed E-state index contributed by atoms with van der Waals surface area (Å²) < 4.78 is 0. The summed E-state index contributed by atoms with van der Waals surface area (Å²) in [6, 6.07) is 7.47. The zero-order chi connectivity index (χ0) is 13.5. The third-order valence-corrected chi connectivity index (χ3v) is 4.13. The standard InChI is InChI=1S/C13H18O3S2/c1-9(14)18-8-7-12(15)13(16)10-3-5-11(17-2)6-4-10/h3-6,12-13,15-16H,7-8H2,1-2H3. The molecule has 18 heavy (non-hydrogen) atoms. The highest BCUT2D eigenvalue weighted by molar-refractivity contribution is 8.13. The molecule has 0 spiro atoms. The molecule has 1 aromatic rings. The van der Waals surface area contributed by atoms with Gasteiger partial charge in [-0.3, -0.25) is 4.79 Å². The lowest BCUT2D eigenvalue weighted by molar-refractivity contribution is -0.109. The van der Waals surface area contributed by atoms with Crippen molar-refractivity contribution >= 4 is 28.6 Å². The predicted octanol–water partition coefficient (Wildman–Crippen LogP) is 2.47. The second-order valence-corrected chi connectivity index (χ2v) is 6.07. The molecule has 0 aliphatic carbocycles. The Balaban J connectivity index is 2.51. The van der Waals surface area contributed by atoms with Gasteiger partial charge in [-0.15, -0.1) is 11.8 Å². The van der Waals surface area contributed by atoms with Crippen molar-refractivity contribution in [1.29, 1.82) is 0 Å². The Morgan fingerprint density at radius 2 is 1.89 bits per heavy atom. The summed E-state index contributed by atoms with van der Waals surface area (Å²) in [6.07, 6.45) is 0.653. The molecule has 0 saturated carbocycles. The van der Waals surface area contributed by atoms with Gasteiger partial charge in [-0.25, -0.2) is 0 Å². The van der Waals surface area contributed by atoms with Crippen molar-refractivity contribution in [2.75, 3.05) is 12.0 Å². The molecule has 2 N–H and O–H groups in total. The van der Waals surface area contributed by atoms with Crippen LogP contribution in [0.4, 0.5) is 0 Å². The van der Waals surface area contributed by atoms with Gasteiger partial charge in [-0.2, -0.15) is 0 Å². The predicted molar refractivity (Wildman–Crippen MR) is 76.9 cm³/mol. The Hall–Kier alpha value is -0.490. The molecule has 2 atom stereocenters. The summed E-state index contributed by atoms with van der Waals surface area (Å²) in [5.74, 6) is 0.524. The van der Waals surface area contributed by atoms with Crippen LogP contribution in [-0.4, -0.2) is 33.4 Å². The number of rotatable bonds is 6. The molecule has 0 aliphatic rings. The lowest BCUT2D eigenvalue weighted by Gasteiger charge is -2.18. The number of aliphatic hydroxyl groups is 2. The van der Waals surface area contributed by atoms with E-state index in [-0.39, 0.29) is 5.12 Å². The zero-order valence-corrected chi connectivity index (χ0v) is 12.1. The number of aliphatic hydroxyl groups excluding tert-OH is 2. The van der Waals surface area contributed by atoms with Gasteiger partial charge in [0.2, 0.25) is 0 Å². The minimum atomic E-state index is -0.895. The van der Waals surface area contributed by atoms with E-state index < -0.39 is 12.2 Å². The van der Waals surface area contributed by atoms with Gasteiger partial charge in [0.15, 0.2) is 5.12 Å². The zero-order valence-electron chi connectivity index (χ0n) is 10.5. The van der Waals surface area contributed by atoms with Crippen molar-refractivity contribution < 1.29 is 15.0 Å². The molecular formula is C13H18O3S2. The molecule has 1 aromatic carbocycles. The summed E-state index contributed by atoms with van der Waals surface area (Å²) in [4.78, 5) is 11.9. The van der Waals surface area contributed by atoms with E-state index in [0.29, 0.717) is 17.7 Å². The quantitative estimate of drug-likeness (QED) is 0.787. The maximum atomic E-state index is 10.8. The number of hydrogen-bond acceptors (Lipinski definition) is 5. The highest BCUT2D eigenvalue weighted by atomic mass is 32.2. The third-order valence-electron chi connectivity index (χ3n) is 2.54. The van der Waals surface area contributed by atoms with Crippen molar-refractivity contribution in [3.63, 3.8) is 0 Å². The van der Waals surface area contributed by atoms with Crippen LogP contribution in [0.5, 0.6) is 0 Å². The van der Waals surface area contributed by atoms with Gasteiger partial charge < -0.3 is 10.2 Å². The van der Waals surface area contributed by atoms with E-state index in [4.69, 9.17) is 0 Å². The van der Waals surface area contributed by atoms with Gasteiger partial charge in [-0.05, 0) is 30.4 Å². The van der Waals surface area contributed by atoms with E-state index in [1.807, 2.05) is 30.5 Å². The van der Waals surface area contributed by atoms with Gasteiger partial charge in [0.25, 0.3) is 0 Å². The SMILES string of the molecule is CSc1ccc(C(O)C(O)CCSC(C)=O)cc1. The van der Waals surface area contributed by atoms with Crippen LogP contribution >= 0.6 is 23.5 Å². The Kier molecular flexibility index (Phi) is 6.78. The Morgan fingerprint density at radius 1 is 1.28 bits per heavy atom. The molecule has 2 unspecified atom stereocenters. The maximum Gasteiger partial charge on any atom is 0.185 e. The average molecular weight is 286 g/mol. The van der Waals surface area contributed by atoms with Gasteiger partial charge >= 0.3 is 0 Å². The smallest absolute Gasteiger partial charge is 0.185 e. The molecule has 3 nitrogen and oxygen atoms in total. The van der Waals surface area contributed by atoms with Gasteiger partial charge in [0.05, 0.1) is 6.10 Å².